The molecule has 0 aromatic heterocycles. The Bertz CT molecular complexity index is 104. The number of aliphatic carboxylic acids is 1. The second-order valence-corrected chi connectivity index (χ2v) is 2.25. The summed E-state index contributed by atoms with van der Waals surface area (Å²) in [5.41, 5.74) is 5.27. The van der Waals surface area contributed by atoms with Crippen molar-refractivity contribution in [2.75, 3.05) is 0 Å². The average Bonchev–Trinajstić information content (AvgIpc) is 1.84. The molecular formula is C7H17NO2. The fraction of sp³-hybridized carbons (Fsp3) is 0.857. The molecule has 3 N–H and O–H groups in total. The van der Waals surface area contributed by atoms with Crippen molar-refractivity contribution >= 4 is 5.97 Å². The van der Waals surface area contributed by atoms with Crippen LogP contribution in [-0.4, -0.2) is 17.1 Å². The third-order valence-electron chi connectivity index (χ3n) is 1.54. The van der Waals surface area contributed by atoms with E-state index in [4.69, 9.17) is 10.8 Å². The summed E-state index contributed by atoms with van der Waals surface area (Å²) in [5, 5.41) is 8.36. The topological polar surface area (TPSA) is 63.3 Å². The van der Waals surface area contributed by atoms with E-state index in [2.05, 4.69) is 0 Å². The van der Waals surface area contributed by atoms with Crippen LogP contribution in [0.25, 0.3) is 0 Å². The number of carboxylic acid groups (broad SMARTS) is 1. The predicted octanol–water partition coefficient (Wildman–Crippen LogP) is 1.08. The first-order valence-corrected chi connectivity index (χ1v) is 3.08. The lowest BCUT2D eigenvalue weighted by Crippen LogP contribution is -2.36. The molecule has 0 rings (SSSR count). The van der Waals surface area contributed by atoms with Crippen LogP contribution >= 0.6 is 0 Å². The average molecular weight is 147 g/mol. The maximum atomic E-state index is 10.2. The van der Waals surface area contributed by atoms with Crippen molar-refractivity contribution in [2.24, 2.45) is 11.7 Å². The van der Waals surface area contributed by atoms with E-state index in [1.807, 2.05) is 13.8 Å². The Morgan fingerprint density at radius 2 is 2.10 bits per heavy atom. The van der Waals surface area contributed by atoms with Gasteiger partial charge in [-0.15, -0.1) is 0 Å². The second-order valence-electron chi connectivity index (χ2n) is 2.25. The minimum atomic E-state index is -0.913. The highest BCUT2D eigenvalue weighted by Crippen LogP contribution is 2.04. The van der Waals surface area contributed by atoms with E-state index in [1.54, 1.807) is 0 Å². The maximum absolute atomic E-state index is 10.2. The van der Waals surface area contributed by atoms with Crippen LogP contribution in [0.15, 0.2) is 0 Å². The molecule has 0 saturated heterocycles. The normalized spacial score (nSPS) is 15.1. The molecule has 3 heteroatoms. The summed E-state index contributed by atoms with van der Waals surface area (Å²) < 4.78 is 0. The fourth-order valence-corrected chi connectivity index (χ4v) is 0.497. The summed E-state index contributed by atoms with van der Waals surface area (Å²) >= 11 is 0. The van der Waals surface area contributed by atoms with Gasteiger partial charge in [0.2, 0.25) is 0 Å². The number of rotatable bonds is 3. The van der Waals surface area contributed by atoms with E-state index in [1.165, 1.54) is 0 Å². The molecule has 62 valence electrons. The van der Waals surface area contributed by atoms with E-state index in [-0.39, 0.29) is 13.3 Å². The van der Waals surface area contributed by atoms with Gasteiger partial charge in [-0.05, 0) is 5.92 Å². The number of carbonyl (C=O) groups is 1. The van der Waals surface area contributed by atoms with Crippen LogP contribution in [0.2, 0.25) is 0 Å². The second kappa shape index (κ2) is 5.23. The van der Waals surface area contributed by atoms with Crippen LogP contribution in [0.5, 0.6) is 0 Å². The Balaban J connectivity index is 0. The van der Waals surface area contributed by atoms with Gasteiger partial charge in [-0.3, -0.25) is 4.79 Å². The molecule has 10 heavy (non-hydrogen) atoms. The highest BCUT2D eigenvalue weighted by molar-refractivity contribution is 5.73. The maximum Gasteiger partial charge on any atom is 0.320 e. The van der Waals surface area contributed by atoms with Crippen LogP contribution in [-0.2, 0) is 4.79 Å². The van der Waals surface area contributed by atoms with Gasteiger partial charge >= 0.3 is 5.97 Å². The summed E-state index contributed by atoms with van der Waals surface area (Å²) in [4.78, 5) is 10.2. The molecule has 0 aliphatic rings. The van der Waals surface area contributed by atoms with E-state index < -0.39 is 12.0 Å². The van der Waals surface area contributed by atoms with Gasteiger partial charge in [0.1, 0.15) is 6.04 Å². The summed E-state index contributed by atoms with van der Waals surface area (Å²) in [6, 6.07) is -0.699. The minimum Gasteiger partial charge on any atom is -0.480 e. The van der Waals surface area contributed by atoms with Crippen LogP contribution in [0.1, 0.15) is 27.7 Å². The van der Waals surface area contributed by atoms with E-state index in [0.717, 1.165) is 6.42 Å². The number of hydrogen-bond acceptors (Lipinski definition) is 2. The molecule has 0 aromatic carbocycles. The monoisotopic (exact) mass is 147 g/mol. The lowest BCUT2D eigenvalue weighted by Gasteiger charge is -2.11. The Morgan fingerprint density at radius 1 is 1.70 bits per heavy atom. The zero-order chi connectivity index (χ0) is 7.44. The fourth-order valence-electron chi connectivity index (χ4n) is 0.497. The molecule has 2 unspecified atom stereocenters. The Hall–Kier alpha value is -0.570. The summed E-state index contributed by atoms with van der Waals surface area (Å²) in [6.45, 7) is 3.76. The first-order chi connectivity index (χ1) is 4.09. The molecule has 3 nitrogen and oxygen atoms in total. The molecule has 0 bridgehead atoms. The highest BCUT2D eigenvalue weighted by atomic mass is 16.4. The van der Waals surface area contributed by atoms with Gasteiger partial charge in [0.25, 0.3) is 0 Å². The number of hydrogen-bond donors (Lipinski definition) is 2. The van der Waals surface area contributed by atoms with Crippen molar-refractivity contribution < 1.29 is 9.90 Å². The van der Waals surface area contributed by atoms with Gasteiger partial charge in [-0.2, -0.15) is 0 Å². The lowest BCUT2D eigenvalue weighted by molar-refractivity contribution is -0.139. The van der Waals surface area contributed by atoms with Gasteiger partial charge in [-0.1, -0.05) is 27.7 Å². The molecule has 0 saturated carbocycles. The molecule has 0 amide bonds. The van der Waals surface area contributed by atoms with E-state index in [0.29, 0.717) is 0 Å². The van der Waals surface area contributed by atoms with Gasteiger partial charge < -0.3 is 10.8 Å². The van der Waals surface area contributed by atoms with E-state index >= 15 is 0 Å². The Labute approximate surface area is 62.2 Å². The standard InChI is InChI=1S/C6H13NO2.CH4/c1-3-4(2)5(7)6(8)9;/h4-5H,3,7H2,1-2H3,(H,8,9);1H4. The predicted molar refractivity (Wildman–Crippen MR) is 41.8 cm³/mol. The molecule has 0 spiro atoms. The molecule has 0 radical (unpaired) electrons. The van der Waals surface area contributed by atoms with Crippen LogP contribution < -0.4 is 5.73 Å². The molecule has 0 fully saturated rings. The summed E-state index contributed by atoms with van der Waals surface area (Å²) in [6.07, 6.45) is 0.813. The third kappa shape index (κ3) is 3.45. The van der Waals surface area contributed by atoms with Gasteiger partial charge in [-0.25, -0.2) is 0 Å². The SMILES string of the molecule is C.CCC(C)C(N)C(=O)O. The first kappa shape index (κ1) is 12.1. The zero-order valence-corrected chi connectivity index (χ0v) is 5.79. The van der Waals surface area contributed by atoms with Crippen molar-refractivity contribution in [3.63, 3.8) is 0 Å². The smallest absolute Gasteiger partial charge is 0.320 e. The summed E-state index contributed by atoms with van der Waals surface area (Å²) in [5.74, 6) is -0.841. The third-order valence-corrected chi connectivity index (χ3v) is 1.54. The Morgan fingerprint density at radius 3 is 2.20 bits per heavy atom. The van der Waals surface area contributed by atoms with E-state index in [9.17, 15) is 4.79 Å². The molecule has 2 atom stereocenters. The number of nitrogens with two attached hydrogens (primary N) is 1. The van der Waals surface area contributed by atoms with Crippen LogP contribution in [0.3, 0.4) is 0 Å². The van der Waals surface area contributed by atoms with Crippen molar-refractivity contribution in [1.82, 2.24) is 0 Å². The van der Waals surface area contributed by atoms with Gasteiger partial charge in [0.05, 0.1) is 0 Å². The quantitative estimate of drug-likeness (QED) is 0.628. The molecule has 0 aliphatic carbocycles. The summed E-state index contributed by atoms with van der Waals surface area (Å²) in [7, 11) is 0. The first-order valence-electron chi connectivity index (χ1n) is 3.08. The number of carboxylic acids is 1. The van der Waals surface area contributed by atoms with Crippen LogP contribution in [0.4, 0.5) is 0 Å². The zero-order valence-electron chi connectivity index (χ0n) is 5.79. The Kier molecular flexibility index (Phi) is 6.35. The molecule has 0 aromatic rings. The van der Waals surface area contributed by atoms with Crippen molar-refractivity contribution in [3.8, 4) is 0 Å². The molecule has 0 aliphatic heterocycles. The lowest BCUT2D eigenvalue weighted by atomic mass is 10.0. The highest BCUT2D eigenvalue weighted by Gasteiger charge is 2.17. The van der Waals surface area contributed by atoms with Gasteiger partial charge in [0, 0.05) is 0 Å². The minimum absolute atomic E-state index is 0. The largest absolute Gasteiger partial charge is 0.480 e. The van der Waals surface area contributed by atoms with Crippen molar-refractivity contribution in [2.45, 2.75) is 33.7 Å². The molecular weight excluding hydrogens is 130 g/mol. The van der Waals surface area contributed by atoms with Crippen molar-refractivity contribution in [1.29, 1.82) is 0 Å². The molecule has 0 heterocycles. The van der Waals surface area contributed by atoms with Crippen molar-refractivity contribution in [3.05, 3.63) is 0 Å². The van der Waals surface area contributed by atoms with Gasteiger partial charge in [0.15, 0.2) is 0 Å². The van der Waals surface area contributed by atoms with Crippen LogP contribution in [0, 0.1) is 5.92 Å².